The van der Waals surface area contributed by atoms with Gasteiger partial charge in [-0.15, -0.1) is 0 Å². The molecular formula is C21H19F2N3O3. The molecule has 0 spiro atoms. The zero-order valence-electron chi connectivity index (χ0n) is 15.8. The molecule has 0 aliphatic rings. The number of hydrogen-bond donors (Lipinski definition) is 2. The highest BCUT2D eigenvalue weighted by Gasteiger charge is 2.10. The van der Waals surface area contributed by atoms with Gasteiger partial charge in [0.05, 0.1) is 26.1 Å². The summed E-state index contributed by atoms with van der Waals surface area (Å²) in [4.78, 5) is 16.4. The summed E-state index contributed by atoms with van der Waals surface area (Å²) in [6.07, 6.45) is 1.47. The highest BCUT2D eigenvalue weighted by molar-refractivity contribution is 6.04. The molecule has 150 valence electrons. The first-order valence-electron chi connectivity index (χ1n) is 8.67. The highest BCUT2D eigenvalue weighted by Crippen LogP contribution is 2.27. The van der Waals surface area contributed by atoms with E-state index in [2.05, 4.69) is 15.6 Å². The minimum absolute atomic E-state index is 0.0135. The van der Waals surface area contributed by atoms with Crippen LogP contribution in [0.4, 0.5) is 20.3 Å². The molecule has 3 aromatic rings. The van der Waals surface area contributed by atoms with Gasteiger partial charge in [-0.1, -0.05) is 6.07 Å². The molecule has 0 radical (unpaired) electrons. The molecule has 0 unspecified atom stereocenters. The summed E-state index contributed by atoms with van der Waals surface area (Å²) in [5.74, 6) is -0.758. The molecule has 0 aliphatic carbocycles. The van der Waals surface area contributed by atoms with Crippen LogP contribution >= 0.6 is 0 Å². The second-order valence-electron chi connectivity index (χ2n) is 6.06. The molecule has 0 fully saturated rings. The number of amides is 1. The number of rotatable bonds is 7. The summed E-state index contributed by atoms with van der Waals surface area (Å²) in [6, 6.07) is 11.9. The zero-order valence-corrected chi connectivity index (χ0v) is 15.8. The fourth-order valence-corrected chi connectivity index (χ4v) is 2.60. The molecule has 0 aliphatic heterocycles. The zero-order chi connectivity index (χ0) is 20.8. The second-order valence-corrected chi connectivity index (χ2v) is 6.06. The monoisotopic (exact) mass is 399 g/mol. The average molecular weight is 399 g/mol. The minimum atomic E-state index is -1.08. The van der Waals surface area contributed by atoms with Gasteiger partial charge in [0, 0.05) is 12.1 Å². The van der Waals surface area contributed by atoms with Crippen molar-refractivity contribution in [2.45, 2.75) is 6.54 Å². The van der Waals surface area contributed by atoms with Crippen molar-refractivity contribution in [3.8, 4) is 11.5 Å². The Morgan fingerprint density at radius 2 is 1.76 bits per heavy atom. The van der Waals surface area contributed by atoms with Gasteiger partial charge in [0.2, 0.25) is 0 Å². The van der Waals surface area contributed by atoms with Crippen molar-refractivity contribution in [1.82, 2.24) is 4.98 Å². The summed E-state index contributed by atoms with van der Waals surface area (Å²) >= 11 is 0. The van der Waals surface area contributed by atoms with Crippen LogP contribution in [0.5, 0.6) is 11.5 Å². The molecule has 1 aromatic heterocycles. The van der Waals surface area contributed by atoms with Gasteiger partial charge in [-0.05, 0) is 48.0 Å². The van der Waals surface area contributed by atoms with Gasteiger partial charge >= 0.3 is 0 Å². The van der Waals surface area contributed by atoms with Crippen LogP contribution in [-0.4, -0.2) is 25.1 Å². The molecule has 8 heteroatoms. The van der Waals surface area contributed by atoms with Crippen molar-refractivity contribution < 1.29 is 23.0 Å². The lowest BCUT2D eigenvalue weighted by Gasteiger charge is -2.11. The van der Waals surface area contributed by atoms with Gasteiger partial charge in [0.25, 0.3) is 5.91 Å². The number of ether oxygens (including phenoxy) is 2. The Morgan fingerprint density at radius 1 is 0.966 bits per heavy atom. The number of halogens is 2. The summed E-state index contributed by atoms with van der Waals surface area (Å²) in [6.45, 7) is 0.508. The van der Waals surface area contributed by atoms with E-state index < -0.39 is 17.5 Å². The lowest BCUT2D eigenvalue weighted by atomic mass is 10.2. The minimum Gasteiger partial charge on any atom is -0.493 e. The van der Waals surface area contributed by atoms with Crippen LogP contribution in [0.3, 0.4) is 0 Å². The number of pyridine rings is 1. The molecule has 0 atom stereocenters. The third kappa shape index (κ3) is 4.98. The van der Waals surface area contributed by atoms with Crippen molar-refractivity contribution in [2.75, 3.05) is 24.9 Å². The maximum atomic E-state index is 13.3. The summed E-state index contributed by atoms with van der Waals surface area (Å²) in [5.41, 5.74) is 1.41. The third-order valence-corrected chi connectivity index (χ3v) is 4.12. The molecule has 6 nitrogen and oxygen atoms in total. The lowest BCUT2D eigenvalue weighted by molar-refractivity contribution is 0.102. The fraction of sp³-hybridized carbons (Fsp3) is 0.143. The van der Waals surface area contributed by atoms with Crippen LogP contribution in [0.25, 0.3) is 0 Å². The van der Waals surface area contributed by atoms with E-state index in [1.54, 1.807) is 26.4 Å². The molecule has 0 saturated carbocycles. The van der Waals surface area contributed by atoms with E-state index in [9.17, 15) is 13.6 Å². The Labute approximate surface area is 166 Å². The van der Waals surface area contributed by atoms with Crippen LogP contribution < -0.4 is 20.1 Å². The Hall–Kier alpha value is -3.68. The van der Waals surface area contributed by atoms with Crippen molar-refractivity contribution in [1.29, 1.82) is 0 Å². The van der Waals surface area contributed by atoms with Gasteiger partial charge in [-0.2, -0.15) is 0 Å². The molecule has 1 heterocycles. The first kappa shape index (κ1) is 20.1. The number of carbonyl (C=O) groups is 1. The van der Waals surface area contributed by atoms with Gasteiger partial charge in [-0.3, -0.25) is 4.79 Å². The standard InChI is InChI=1S/C21H19F2N3O3/c1-28-18-7-3-13(9-19(18)29-2)11-24-20-8-5-15(12-25-20)26-21(27)14-4-6-16(22)17(23)10-14/h3-10,12H,11H2,1-2H3,(H,24,25)(H,26,27). The van der Waals surface area contributed by atoms with E-state index in [0.29, 0.717) is 29.5 Å². The Balaban J connectivity index is 1.60. The third-order valence-electron chi connectivity index (χ3n) is 4.12. The quantitative estimate of drug-likeness (QED) is 0.622. The van der Waals surface area contributed by atoms with Crippen molar-refractivity contribution in [2.24, 2.45) is 0 Å². The largest absolute Gasteiger partial charge is 0.493 e. The number of nitrogens with zero attached hydrogens (tertiary/aromatic N) is 1. The van der Waals surface area contributed by atoms with E-state index in [-0.39, 0.29) is 5.56 Å². The molecule has 1 amide bonds. The van der Waals surface area contributed by atoms with E-state index in [1.807, 2.05) is 18.2 Å². The van der Waals surface area contributed by atoms with Gasteiger partial charge in [0.15, 0.2) is 23.1 Å². The van der Waals surface area contributed by atoms with Crippen molar-refractivity contribution in [3.63, 3.8) is 0 Å². The second kappa shape index (κ2) is 9.01. The predicted octanol–water partition coefficient (Wildman–Crippen LogP) is 4.24. The van der Waals surface area contributed by atoms with E-state index in [1.165, 1.54) is 12.3 Å². The lowest BCUT2D eigenvalue weighted by Crippen LogP contribution is -2.12. The molecule has 2 N–H and O–H groups in total. The average Bonchev–Trinajstić information content (AvgIpc) is 2.74. The molecule has 3 rings (SSSR count). The van der Waals surface area contributed by atoms with Crippen molar-refractivity contribution in [3.05, 3.63) is 77.5 Å². The first-order valence-corrected chi connectivity index (χ1v) is 8.67. The number of benzene rings is 2. The predicted molar refractivity (Wildman–Crippen MR) is 105 cm³/mol. The van der Waals surface area contributed by atoms with Crippen LogP contribution in [0.2, 0.25) is 0 Å². The van der Waals surface area contributed by atoms with Gasteiger partial charge < -0.3 is 20.1 Å². The van der Waals surface area contributed by atoms with Gasteiger partial charge in [-0.25, -0.2) is 13.8 Å². The number of carbonyl (C=O) groups excluding carboxylic acids is 1. The number of aromatic nitrogens is 1. The number of hydrogen-bond acceptors (Lipinski definition) is 5. The number of anilines is 2. The SMILES string of the molecule is COc1ccc(CNc2ccc(NC(=O)c3ccc(F)c(F)c3)cn2)cc1OC. The Bertz CT molecular complexity index is 1010. The maximum absolute atomic E-state index is 13.3. The summed E-state index contributed by atoms with van der Waals surface area (Å²) in [5, 5.41) is 5.75. The Morgan fingerprint density at radius 3 is 2.41 bits per heavy atom. The van der Waals surface area contributed by atoms with Crippen LogP contribution in [0.15, 0.2) is 54.7 Å². The van der Waals surface area contributed by atoms with E-state index in [0.717, 1.165) is 17.7 Å². The number of nitrogens with one attached hydrogen (secondary N) is 2. The maximum Gasteiger partial charge on any atom is 0.255 e. The summed E-state index contributed by atoms with van der Waals surface area (Å²) in [7, 11) is 3.15. The van der Waals surface area contributed by atoms with Crippen LogP contribution in [0, 0.1) is 11.6 Å². The Kier molecular flexibility index (Phi) is 6.23. The van der Waals surface area contributed by atoms with E-state index >= 15 is 0 Å². The van der Waals surface area contributed by atoms with Gasteiger partial charge in [0.1, 0.15) is 5.82 Å². The van der Waals surface area contributed by atoms with Crippen LogP contribution in [0.1, 0.15) is 15.9 Å². The summed E-state index contributed by atoms with van der Waals surface area (Å²) < 4.78 is 36.7. The topological polar surface area (TPSA) is 72.5 Å². The number of methoxy groups -OCH3 is 2. The molecule has 29 heavy (non-hydrogen) atoms. The van der Waals surface area contributed by atoms with Crippen molar-refractivity contribution >= 4 is 17.4 Å². The first-order chi connectivity index (χ1) is 14.0. The molecule has 2 aromatic carbocycles. The molecule has 0 saturated heterocycles. The normalized spacial score (nSPS) is 10.3. The molecule has 0 bridgehead atoms. The highest BCUT2D eigenvalue weighted by atomic mass is 19.2. The molecular weight excluding hydrogens is 380 g/mol. The van der Waals surface area contributed by atoms with E-state index in [4.69, 9.17) is 9.47 Å². The fourth-order valence-electron chi connectivity index (χ4n) is 2.60. The van der Waals surface area contributed by atoms with Crippen LogP contribution in [-0.2, 0) is 6.54 Å². The smallest absolute Gasteiger partial charge is 0.255 e.